The van der Waals surface area contributed by atoms with Crippen molar-refractivity contribution in [2.45, 2.75) is 33.1 Å². The van der Waals surface area contributed by atoms with E-state index in [1.165, 1.54) is 5.56 Å². The summed E-state index contributed by atoms with van der Waals surface area (Å²) in [5, 5.41) is 6.19. The lowest BCUT2D eigenvalue weighted by molar-refractivity contribution is 0.0947. The highest BCUT2D eigenvalue weighted by Gasteiger charge is 2.12. The molecule has 2 rings (SSSR count). The summed E-state index contributed by atoms with van der Waals surface area (Å²) in [7, 11) is 4.03. The molecule has 0 aliphatic rings. The molecule has 0 unspecified atom stereocenters. The number of amides is 1. The van der Waals surface area contributed by atoms with Gasteiger partial charge in [0.15, 0.2) is 0 Å². The van der Waals surface area contributed by atoms with Crippen molar-refractivity contribution in [2.24, 2.45) is 0 Å². The van der Waals surface area contributed by atoms with E-state index < -0.39 is 0 Å². The molecule has 0 radical (unpaired) electrons. The van der Waals surface area contributed by atoms with Gasteiger partial charge < -0.3 is 15.5 Å². The Labute approximate surface area is 156 Å². The number of hydrogen-bond donors (Lipinski definition) is 2. The van der Waals surface area contributed by atoms with Gasteiger partial charge in [-0.3, -0.25) is 4.79 Å². The Morgan fingerprint density at radius 1 is 1.23 bits per heavy atom. The van der Waals surface area contributed by atoms with Gasteiger partial charge >= 0.3 is 0 Å². The number of benzene rings is 1. The lowest BCUT2D eigenvalue weighted by Crippen LogP contribution is -2.28. The topological polar surface area (TPSA) is 70.2 Å². The Bertz CT molecular complexity index is 743. The first kappa shape index (κ1) is 19.8. The van der Waals surface area contributed by atoms with Crippen LogP contribution in [0.1, 0.15) is 47.8 Å². The largest absolute Gasteiger partial charge is 0.351 e. The number of nitrogens with one attached hydrogen (secondary N) is 2. The number of anilines is 2. The minimum absolute atomic E-state index is 0.178. The lowest BCUT2D eigenvalue weighted by atomic mass is 9.98. The molecule has 0 spiro atoms. The van der Waals surface area contributed by atoms with Crippen LogP contribution in [0.25, 0.3) is 0 Å². The highest BCUT2D eigenvalue weighted by molar-refractivity contribution is 5.92. The lowest BCUT2D eigenvalue weighted by Gasteiger charge is -2.16. The molecule has 26 heavy (non-hydrogen) atoms. The molecule has 140 valence electrons. The Hall–Kier alpha value is -2.47. The van der Waals surface area contributed by atoms with E-state index in [1.54, 1.807) is 12.3 Å². The van der Waals surface area contributed by atoms with Crippen molar-refractivity contribution in [3.63, 3.8) is 0 Å². The third-order valence-electron chi connectivity index (χ3n) is 4.12. The highest BCUT2D eigenvalue weighted by atomic mass is 16.1. The van der Waals surface area contributed by atoms with Crippen LogP contribution in [0.4, 0.5) is 11.6 Å². The van der Waals surface area contributed by atoms with Crippen LogP contribution in [-0.4, -0.2) is 48.0 Å². The van der Waals surface area contributed by atoms with Gasteiger partial charge in [-0.05, 0) is 57.1 Å². The van der Waals surface area contributed by atoms with E-state index in [4.69, 9.17) is 0 Å². The number of aryl methyl sites for hydroxylation is 1. The monoisotopic (exact) mass is 355 g/mol. The first-order chi connectivity index (χ1) is 12.4. The smallest absolute Gasteiger partial charge is 0.270 e. The maximum Gasteiger partial charge on any atom is 0.270 e. The second kappa shape index (κ2) is 9.29. The van der Waals surface area contributed by atoms with Crippen molar-refractivity contribution in [3.8, 4) is 0 Å². The molecular weight excluding hydrogens is 326 g/mol. The van der Waals surface area contributed by atoms with Crippen LogP contribution in [0.5, 0.6) is 0 Å². The second-order valence-electron chi connectivity index (χ2n) is 7.00. The number of rotatable bonds is 8. The maximum atomic E-state index is 12.3. The van der Waals surface area contributed by atoms with E-state index in [9.17, 15) is 4.79 Å². The predicted octanol–water partition coefficient (Wildman–Crippen LogP) is 3.33. The molecule has 0 bridgehead atoms. The number of nitrogens with zero attached hydrogens (tertiary/aromatic N) is 3. The molecule has 2 aromatic rings. The average Bonchev–Trinajstić information content (AvgIpc) is 2.60. The first-order valence-electron chi connectivity index (χ1n) is 9.01. The first-order valence-corrected chi connectivity index (χ1v) is 9.01. The fourth-order valence-electron chi connectivity index (χ4n) is 2.69. The number of carbonyl (C=O) groups is 1. The van der Waals surface area contributed by atoms with E-state index in [-0.39, 0.29) is 5.91 Å². The Balaban J connectivity index is 2.09. The van der Waals surface area contributed by atoms with Crippen LogP contribution >= 0.6 is 0 Å². The summed E-state index contributed by atoms with van der Waals surface area (Å²) >= 11 is 0. The highest BCUT2D eigenvalue weighted by Crippen LogP contribution is 2.29. The van der Waals surface area contributed by atoms with Gasteiger partial charge in [0.1, 0.15) is 5.69 Å². The second-order valence-corrected chi connectivity index (χ2v) is 7.00. The van der Waals surface area contributed by atoms with Gasteiger partial charge in [0.05, 0.1) is 0 Å². The van der Waals surface area contributed by atoms with Gasteiger partial charge in [0.2, 0.25) is 5.95 Å². The quantitative estimate of drug-likeness (QED) is 0.711. The molecule has 1 heterocycles. The molecule has 0 aliphatic carbocycles. The summed E-state index contributed by atoms with van der Waals surface area (Å²) in [6.45, 7) is 7.91. The maximum absolute atomic E-state index is 12.3. The molecule has 0 aliphatic heterocycles. The van der Waals surface area contributed by atoms with Crippen LogP contribution in [0.15, 0.2) is 30.5 Å². The van der Waals surface area contributed by atoms with E-state index in [0.717, 1.165) is 24.2 Å². The van der Waals surface area contributed by atoms with Crippen molar-refractivity contribution < 1.29 is 4.79 Å². The molecule has 2 N–H and O–H groups in total. The summed E-state index contributed by atoms with van der Waals surface area (Å²) in [4.78, 5) is 23.0. The molecule has 0 saturated carbocycles. The standard InChI is InChI=1S/C20H29N5O/c1-14(2)16-9-6-8-15(3)18(16)24-20-22-12-10-17(23-20)19(26)21-11-7-13-25(4)5/h6,8-10,12,14H,7,11,13H2,1-5H3,(H,21,26)(H,22,23,24). The number of aromatic nitrogens is 2. The van der Waals surface area contributed by atoms with Gasteiger partial charge in [0.25, 0.3) is 5.91 Å². The van der Waals surface area contributed by atoms with Gasteiger partial charge in [-0.1, -0.05) is 32.0 Å². The van der Waals surface area contributed by atoms with Crippen LogP contribution in [0, 0.1) is 6.92 Å². The molecular formula is C20H29N5O. The van der Waals surface area contributed by atoms with Crippen LogP contribution < -0.4 is 10.6 Å². The van der Waals surface area contributed by atoms with Gasteiger partial charge in [0, 0.05) is 18.4 Å². The number of hydrogen-bond acceptors (Lipinski definition) is 5. The minimum atomic E-state index is -0.178. The van der Waals surface area contributed by atoms with Crippen molar-refractivity contribution >= 4 is 17.5 Å². The molecule has 1 aromatic heterocycles. The molecule has 6 heteroatoms. The zero-order chi connectivity index (χ0) is 19.1. The number of para-hydroxylation sites is 1. The van der Waals surface area contributed by atoms with Crippen molar-refractivity contribution in [2.75, 3.05) is 32.5 Å². The third-order valence-corrected chi connectivity index (χ3v) is 4.12. The molecule has 0 fully saturated rings. The van der Waals surface area contributed by atoms with Crippen LogP contribution in [0.2, 0.25) is 0 Å². The van der Waals surface area contributed by atoms with Gasteiger partial charge in [-0.25, -0.2) is 9.97 Å². The van der Waals surface area contributed by atoms with E-state index >= 15 is 0 Å². The fourth-order valence-corrected chi connectivity index (χ4v) is 2.69. The fraction of sp³-hybridized carbons (Fsp3) is 0.450. The third kappa shape index (κ3) is 5.52. The summed E-state index contributed by atoms with van der Waals surface area (Å²) in [5.74, 6) is 0.630. The van der Waals surface area contributed by atoms with Crippen molar-refractivity contribution in [3.05, 3.63) is 47.3 Å². The molecule has 1 aromatic carbocycles. The molecule has 1 amide bonds. The Morgan fingerprint density at radius 2 is 2.00 bits per heavy atom. The van der Waals surface area contributed by atoms with Gasteiger partial charge in [-0.15, -0.1) is 0 Å². The zero-order valence-electron chi connectivity index (χ0n) is 16.3. The van der Waals surface area contributed by atoms with Crippen molar-refractivity contribution in [1.82, 2.24) is 20.2 Å². The van der Waals surface area contributed by atoms with E-state index in [1.807, 2.05) is 20.2 Å². The zero-order valence-corrected chi connectivity index (χ0v) is 16.3. The summed E-state index contributed by atoms with van der Waals surface area (Å²) in [6, 6.07) is 7.83. The normalized spacial score (nSPS) is 11.0. The van der Waals surface area contributed by atoms with Crippen LogP contribution in [0.3, 0.4) is 0 Å². The minimum Gasteiger partial charge on any atom is -0.351 e. The van der Waals surface area contributed by atoms with Crippen molar-refractivity contribution in [1.29, 1.82) is 0 Å². The average molecular weight is 355 g/mol. The molecule has 0 atom stereocenters. The SMILES string of the molecule is Cc1cccc(C(C)C)c1Nc1nccc(C(=O)NCCCN(C)C)n1. The van der Waals surface area contributed by atoms with E-state index in [0.29, 0.717) is 24.1 Å². The summed E-state index contributed by atoms with van der Waals surface area (Å²) < 4.78 is 0. The summed E-state index contributed by atoms with van der Waals surface area (Å²) in [5.41, 5.74) is 3.70. The molecule has 0 saturated heterocycles. The number of carbonyl (C=O) groups excluding carboxylic acids is 1. The van der Waals surface area contributed by atoms with Crippen LogP contribution in [-0.2, 0) is 0 Å². The predicted molar refractivity (Wildman–Crippen MR) is 106 cm³/mol. The van der Waals surface area contributed by atoms with Gasteiger partial charge in [-0.2, -0.15) is 0 Å². The molecule has 6 nitrogen and oxygen atoms in total. The van der Waals surface area contributed by atoms with E-state index in [2.05, 4.69) is 58.4 Å². The Kier molecular flexibility index (Phi) is 7.09. The Morgan fingerprint density at radius 3 is 2.69 bits per heavy atom. The summed E-state index contributed by atoms with van der Waals surface area (Å²) in [6.07, 6.45) is 2.51.